The molecule has 5 nitrogen and oxygen atoms in total. The van der Waals surface area contributed by atoms with Gasteiger partial charge in [-0.3, -0.25) is 4.79 Å². The predicted octanol–water partition coefficient (Wildman–Crippen LogP) is 7.76. The zero-order chi connectivity index (χ0) is 26.3. The van der Waals surface area contributed by atoms with E-state index in [4.69, 9.17) is 11.6 Å². The third-order valence-corrected chi connectivity index (χ3v) is 8.17. The zero-order valence-corrected chi connectivity index (χ0v) is 21.8. The van der Waals surface area contributed by atoms with E-state index in [1.165, 1.54) is 0 Å². The van der Waals surface area contributed by atoms with Crippen LogP contribution in [0.1, 0.15) is 39.1 Å². The number of aromatic nitrogens is 1. The largest absolute Gasteiger partial charge is 0.478 e. The molecule has 1 amide bonds. The van der Waals surface area contributed by atoms with Crippen molar-refractivity contribution in [3.63, 3.8) is 0 Å². The number of hydrogen-bond donors (Lipinski definition) is 3. The highest BCUT2D eigenvalue weighted by molar-refractivity contribution is 7.99. The fourth-order valence-electron chi connectivity index (χ4n) is 4.78. The highest BCUT2D eigenvalue weighted by Gasteiger charge is 2.46. The minimum Gasteiger partial charge on any atom is -0.478 e. The Morgan fingerprint density at radius 3 is 2.34 bits per heavy atom. The molecule has 1 aromatic heterocycles. The molecular formula is C31H23ClN2O3S. The van der Waals surface area contributed by atoms with Crippen molar-refractivity contribution >= 4 is 46.1 Å². The molecule has 5 aromatic rings. The Labute approximate surface area is 228 Å². The number of H-pyrrole nitrogens is 1. The van der Waals surface area contributed by atoms with Crippen LogP contribution in [0, 0.1) is 0 Å². The van der Waals surface area contributed by atoms with Gasteiger partial charge >= 0.3 is 5.97 Å². The second-order valence-corrected chi connectivity index (χ2v) is 11.0. The summed E-state index contributed by atoms with van der Waals surface area (Å²) in [5, 5.41) is 14.0. The number of amides is 1. The zero-order valence-electron chi connectivity index (χ0n) is 20.2. The van der Waals surface area contributed by atoms with Crippen molar-refractivity contribution in [3.05, 3.63) is 119 Å². The summed E-state index contributed by atoms with van der Waals surface area (Å²) in [4.78, 5) is 30.5. The van der Waals surface area contributed by atoms with Gasteiger partial charge in [-0.1, -0.05) is 71.9 Å². The SMILES string of the molecule is O=C(O)c1ccc(C2(NC(=O)c3cc(-c4ccccc4)cc4[nH]cc(Sc5cccc(Cl)c5)c34)CC2)cc1. The third-order valence-electron chi connectivity index (χ3n) is 6.91. The van der Waals surface area contributed by atoms with Crippen LogP contribution in [0.3, 0.4) is 0 Å². The maximum atomic E-state index is 14.0. The van der Waals surface area contributed by atoms with E-state index in [9.17, 15) is 14.7 Å². The number of carboxylic acids is 1. The number of nitrogens with one attached hydrogen (secondary N) is 2. The van der Waals surface area contributed by atoms with E-state index in [0.717, 1.165) is 50.2 Å². The van der Waals surface area contributed by atoms with Gasteiger partial charge in [0.1, 0.15) is 0 Å². The number of rotatable bonds is 7. The first-order valence-corrected chi connectivity index (χ1v) is 13.4. The molecule has 4 aromatic carbocycles. The summed E-state index contributed by atoms with van der Waals surface area (Å²) in [5.41, 5.74) is 4.06. The molecule has 0 saturated heterocycles. The number of aromatic carboxylic acids is 1. The van der Waals surface area contributed by atoms with Gasteiger partial charge in [0.2, 0.25) is 0 Å². The molecule has 0 aliphatic heterocycles. The summed E-state index contributed by atoms with van der Waals surface area (Å²) in [7, 11) is 0. The number of benzene rings is 4. The molecule has 1 heterocycles. The summed E-state index contributed by atoms with van der Waals surface area (Å²) in [6, 6.07) is 28.4. The van der Waals surface area contributed by atoms with Gasteiger partial charge in [-0.05, 0) is 72.0 Å². The van der Waals surface area contributed by atoms with Crippen LogP contribution in [0.25, 0.3) is 22.0 Å². The van der Waals surface area contributed by atoms with E-state index in [-0.39, 0.29) is 11.5 Å². The van der Waals surface area contributed by atoms with E-state index >= 15 is 0 Å². The second-order valence-electron chi connectivity index (χ2n) is 9.44. The van der Waals surface area contributed by atoms with Crippen molar-refractivity contribution in [2.45, 2.75) is 28.2 Å². The van der Waals surface area contributed by atoms with Gasteiger partial charge in [0, 0.05) is 31.9 Å². The molecule has 0 unspecified atom stereocenters. The van der Waals surface area contributed by atoms with Crippen molar-refractivity contribution in [2.75, 3.05) is 0 Å². The lowest BCUT2D eigenvalue weighted by Crippen LogP contribution is -2.35. The Hall–Kier alpha value is -4.00. The Morgan fingerprint density at radius 2 is 1.66 bits per heavy atom. The van der Waals surface area contributed by atoms with Crippen LogP contribution in [0.15, 0.2) is 107 Å². The molecule has 1 aliphatic rings. The quantitative estimate of drug-likeness (QED) is 0.198. The molecule has 188 valence electrons. The van der Waals surface area contributed by atoms with Gasteiger partial charge < -0.3 is 15.4 Å². The van der Waals surface area contributed by atoms with Crippen molar-refractivity contribution in [2.24, 2.45) is 0 Å². The van der Waals surface area contributed by atoms with Gasteiger partial charge in [-0.15, -0.1) is 0 Å². The number of hydrogen-bond acceptors (Lipinski definition) is 3. The minimum atomic E-state index is -0.970. The molecular weight excluding hydrogens is 516 g/mol. The molecule has 38 heavy (non-hydrogen) atoms. The molecule has 7 heteroatoms. The number of fused-ring (bicyclic) bond motifs is 1. The third kappa shape index (κ3) is 4.69. The first kappa shape index (κ1) is 24.3. The molecule has 0 bridgehead atoms. The summed E-state index contributed by atoms with van der Waals surface area (Å²) in [6.07, 6.45) is 3.52. The predicted molar refractivity (Wildman–Crippen MR) is 151 cm³/mol. The van der Waals surface area contributed by atoms with E-state index in [2.05, 4.69) is 16.4 Å². The fraction of sp³-hybridized carbons (Fsp3) is 0.0968. The lowest BCUT2D eigenvalue weighted by molar-refractivity contribution is 0.0696. The number of aromatic amines is 1. The van der Waals surface area contributed by atoms with Crippen molar-refractivity contribution in [1.82, 2.24) is 10.3 Å². The van der Waals surface area contributed by atoms with E-state index in [0.29, 0.717) is 10.6 Å². The van der Waals surface area contributed by atoms with Gasteiger partial charge in [0.05, 0.1) is 16.7 Å². The average Bonchev–Trinajstić information content (AvgIpc) is 3.60. The molecule has 1 aliphatic carbocycles. The van der Waals surface area contributed by atoms with Crippen LogP contribution < -0.4 is 5.32 Å². The normalized spacial score (nSPS) is 13.8. The lowest BCUT2D eigenvalue weighted by atomic mass is 9.98. The average molecular weight is 539 g/mol. The molecule has 0 spiro atoms. The first-order valence-electron chi connectivity index (χ1n) is 12.2. The van der Waals surface area contributed by atoms with Crippen molar-refractivity contribution in [3.8, 4) is 11.1 Å². The topological polar surface area (TPSA) is 82.2 Å². The molecule has 1 saturated carbocycles. The van der Waals surface area contributed by atoms with Gasteiger partial charge in [0.15, 0.2) is 0 Å². The van der Waals surface area contributed by atoms with Gasteiger partial charge in [-0.25, -0.2) is 4.79 Å². The van der Waals surface area contributed by atoms with Crippen LogP contribution in [0.5, 0.6) is 0 Å². The van der Waals surface area contributed by atoms with Gasteiger partial charge in [0.25, 0.3) is 5.91 Å². The number of carboxylic acid groups (broad SMARTS) is 1. The van der Waals surface area contributed by atoms with E-state index in [1.54, 1.807) is 36.0 Å². The highest BCUT2D eigenvalue weighted by atomic mass is 35.5. The molecule has 0 atom stereocenters. The summed E-state index contributed by atoms with van der Waals surface area (Å²) >= 11 is 7.77. The second kappa shape index (κ2) is 9.71. The summed E-state index contributed by atoms with van der Waals surface area (Å²) in [5.74, 6) is -1.14. The number of halogens is 1. The van der Waals surface area contributed by atoms with Crippen LogP contribution >= 0.6 is 23.4 Å². The summed E-state index contributed by atoms with van der Waals surface area (Å²) in [6.45, 7) is 0. The van der Waals surface area contributed by atoms with Crippen LogP contribution in [-0.2, 0) is 5.54 Å². The van der Waals surface area contributed by atoms with Crippen molar-refractivity contribution in [1.29, 1.82) is 0 Å². The maximum absolute atomic E-state index is 14.0. The van der Waals surface area contributed by atoms with Crippen LogP contribution in [-0.4, -0.2) is 22.0 Å². The number of carbonyl (C=O) groups is 2. The highest BCUT2D eigenvalue weighted by Crippen LogP contribution is 2.46. The van der Waals surface area contributed by atoms with E-state index in [1.807, 2.05) is 66.9 Å². The maximum Gasteiger partial charge on any atom is 0.335 e. The minimum absolute atomic E-state index is 0.167. The van der Waals surface area contributed by atoms with Crippen LogP contribution in [0.4, 0.5) is 0 Å². The number of carbonyl (C=O) groups excluding carboxylic acids is 1. The Balaban J connectivity index is 1.41. The van der Waals surface area contributed by atoms with Crippen molar-refractivity contribution < 1.29 is 14.7 Å². The first-order chi connectivity index (χ1) is 18.4. The Bertz CT molecular complexity index is 1680. The Kier molecular flexibility index (Phi) is 6.22. The smallest absolute Gasteiger partial charge is 0.335 e. The lowest BCUT2D eigenvalue weighted by Gasteiger charge is -2.19. The molecule has 3 N–H and O–H groups in total. The molecule has 1 fully saturated rings. The Morgan fingerprint density at radius 1 is 0.895 bits per heavy atom. The monoisotopic (exact) mass is 538 g/mol. The van der Waals surface area contributed by atoms with Crippen LogP contribution in [0.2, 0.25) is 5.02 Å². The fourth-order valence-corrected chi connectivity index (χ4v) is 6.06. The molecule has 0 radical (unpaired) electrons. The van der Waals surface area contributed by atoms with Gasteiger partial charge in [-0.2, -0.15) is 0 Å². The van der Waals surface area contributed by atoms with E-state index < -0.39 is 11.5 Å². The molecule has 6 rings (SSSR count). The standard InChI is InChI=1S/C31H23ClN2O3S/c32-23-7-4-8-24(17-23)38-27-18-33-26-16-21(19-5-2-1-3-6-19)15-25(28(26)27)29(35)34-31(13-14-31)22-11-9-20(10-12-22)30(36)37/h1-12,15-18,33H,13-14H2,(H,34,35)(H,36,37). The summed E-state index contributed by atoms with van der Waals surface area (Å²) < 4.78 is 0.